The molecule has 0 rings (SSSR count). The molecule has 1 atom stereocenters. The number of unbranched alkanes of at least 4 members (excludes halogenated alkanes) is 6. The summed E-state index contributed by atoms with van der Waals surface area (Å²) in [5.41, 5.74) is 0. The van der Waals surface area contributed by atoms with Gasteiger partial charge in [-0.1, -0.05) is 77.3 Å². The molecule has 0 aromatic carbocycles. The zero-order chi connectivity index (χ0) is 16.6. The largest absolute Gasteiger partial charge is 0.481 e. The number of alkyl halides is 2. The first-order chi connectivity index (χ1) is 10.6. The maximum Gasteiger partial charge on any atom is 0.305 e. The lowest BCUT2D eigenvalue weighted by Crippen LogP contribution is -2.13. The van der Waals surface area contributed by atoms with Crippen molar-refractivity contribution in [3.63, 3.8) is 0 Å². The summed E-state index contributed by atoms with van der Waals surface area (Å²) in [6.45, 7) is 0.479. The van der Waals surface area contributed by atoms with Crippen molar-refractivity contribution in [1.82, 2.24) is 0 Å². The second-order valence-electron chi connectivity index (χ2n) is 5.48. The Balaban J connectivity index is 3.38. The van der Waals surface area contributed by atoms with Gasteiger partial charge in [-0.05, 0) is 30.1 Å². The SMILES string of the molecule is O=C(O)CCCCC(=O)OCC(I)CCCCCCCCI. The molecule has 22 heavy (non-hydrogen) atoms. The van der Waals surface area contributed by atoms with Crippen molar-refractivity contribution < 1.29 is 19.4 Å². The molecule has 1 N–H and O–H groups in total. The Morgan fingerprint density at radius 1 is 0.909 bits per heavy atom. The van der Waals surface area contributed by atoms with E-state index in [-0.39, 0.29) is 12.4 Å². The molecule has 0 aliphatic carbocycles. The molecular formula is C16H28I2O4. The number of hydrogen-bond acceptors (Lipinski definition) is 3. The fourth-order valence-corrected chi connectivity index (χ4v) is 3.21. The minimum Gasteiger partial charge on any atom is -0.481 e. The second kappa shape index (κ2) is 16.3. The van der Waals surface area contributed by atoms with Gasteiger partial charge in [0, 0.05) is 16.8 Å². The van der Waals surface area contributed by atoms with E-state index in [1.807, 2.05) is 0 Å². The van der Waals surface area contributed by atoms with E-state index < -0.39 is 5.97 Å². The van der Waals surface area contributed by atoms with Crippen LogP contribution < -0.4 is 0 Å². The summed E-state index contributed by atoms with van der Waals surface area (Å²) in [5, 5.41) is 8.50. The van der Waals surface area contributed by atoms with Gasteiger partial charge in [-0.15, -0.1) is 0 Å². The Morgan fingerprint density at radius 2 is 1.50 bits per heavy atom. The van der Waals surface area contributed by atoms with Gasteiger partial charge in [0.05, 0.1) is 0 Å². The molecule has 6 heteroatoms. The molecule has 0 amide bonds. The normalized spacial score (nSPS) is 12.1. The van der Waals surface area contributed by atoms with Crippen molar-refractivity contribution >= 4 is 57.1 Å². The van der Waals surface area contributed by atoms with Crippen LogP contribution in [0.25, 0.3) is 0 Å². The van der Waals surface area contributed by atoms with Gasteiger partial charge in [-0.3, -0.25) is 9.59 Å². The molecule has 130 valence electrons. The number of rotatable bonds is 15. The lowest BCUT2D eigenvalue weighted by atomic mass is 10.1. The predicted molar refractivity (Wildman–Crippen MR) is 106 cm³/mol. The fourth-order valence-electron chi connectivity index (χ4n) is 2.05. The third-order valence-electron chi connectivity index (χ3n) is 3.35. The first-order valence-electron chi connectivity index (χ1n) is 8.13. The van der Waals surface area contributed by atoms with Crippen molar-refractivity contribution in [3.8, 4) is 0 Å². The van der Waals surface area contributed by atoms with Crippen LogP contribution in [0.15, 0.2) is 0 Å². The quantitative estimate of drug-likeness (QED) is 0.136. The summed E-state index contributed by atoms with van der Waals surface area (Å²) in [7, 11) is 0. The van der Waals surface area contributed by atoms with E-state index in [4.69, 9.17) is 9.84 Å². The molecular weight excluding hydrogens is 510 g/mol. The molecule has 0 bridgehead atoms. The van der Waals surface area contributed by atoms with Crippen LogP contribution in [-0.4, -0.2) is 32.0 Å². The average molecular weight is 538 g/mol. The lowest BCUT2D eigenvalue weighted by Gasteiger charge is -2.10. The number of hydrogen-bond donors (Lipinski definition) is 1. The molecule has 0 heterocycles. The van der Waals surface area contributed by atoms with E-state index in [0.717, 1.165) is 6.42 Å². The van der Waals surface area contributed by atoms with Crippen molar-refractivity contribution in [1.29, 1.82) is 0 Å². The van der Waals surface area contributed by atoms with Crippen LogP contribution >= 0.6 is 45.2 Å². The molecule has 0 aliphatic rings. The number of carbonyl (C=O) groups is 2. The number of carbonyl (C=O) groups excluding carboxylic acids is 1. The Bertz CT molecular complexity index is 298. The minimum absolute atomic E-state index is 0.125. The molecule has 0 saturated heterocycles. The standard InChI is InChI=1S/C16H28I2O4/c17-12-8-4-2-1-3-5-9-14(18)13-22-16(21)11-7-6-10-15(19)20/h14H,1-13H2,(H,19,20). The third-order valence-corrected chi connectivity index (χ3v) is 5.09. The highest BCUT2D eigenvalue weighted by Crippen LogP contribution is 2.15. The maximum atomic E-state index is 11.5. The van der Waals surface area contributed by atoms with Crippen LogP contribution in [0, 0.1) is 0 Å². The van der Waals surface area contributed by atoms with Gasteiger partial charge >= 0.3 is 11.9 Å². The Hall–Kier alpha value is 0.400. The Labute approximate surface area is 161 Å². The molecule has 0 radical (unpaired) electrons. The highest BCUT2D eigenvalue weighted by atomic mass is 127. The van der Waals surface area contributed by atoms with Gasteiger partial charge < -0.3 is 9.84 Å². The number of aliphatic carboxylic acids is 1. The van der Waals surface area contributed by atoms with E-state index in [1.165, 1.54) is 43.0 Å². The van der Waals surface area contributed by atoms with Gasteiger partial charge in [0.15, 0.2) is 0 Å². The van der Waals surface area contributed by atoms with Crippen molar-refractivity contribution in [3.05, 3.63) is 0 Å². The van der Waals surface area contributed by atoms with Crippen molar-refractivity contribution in [2.75, 3.05) is 11.0 Å². The topological polar surface area (TPSA) is 63.6 Å². The van der Waals surface area contributed by atoms with Gasteiger partial charge in [0.1, 0.15) is 6.61 Å². The van der Waals surface area contributed by atoms with Crippen molar-refractivity contribution in [2.45, 2.75) is 74.6 Å². The van der Waals surface area contributed by atoms with E-state index >= 15 is 0 Å². The molecule has 0 aromatic rings. The number of halogens is 2. The van der Waals surface area contributed by atoms with Crippen LogP contribution in [0.2, 0.25) is 0 Å². The highest BCUT2D eigenvalue weighted by Gasteiger charge is 2.09. The first-order valence-corrected chi connectivity index (χ1v) is 10.9. The van der Waals surface area contributed by atoms with E-state index in [1.54, 1.807) is 0 Å². The number of esters is 1. The zero-order valence-corrected chi connectivity index (χ0v) is 17.5. The molecule has 0 fully saturated rings. The number of carboxylic acids is 1. The summed E-state index contributed by atoms with van der Waals surface area (Å²) < 4.78 is 6.87. The zero-order valence-electron chi connectivity index (χ0n) is 13.2. The third kappa shape index (κ3) is 16.8. The molecule has 0 aliphatic heterocycles. The molecule has 0 spiro atoms. The highest BCUT2D eigenvalue weighted by molar-refractivity contribution is 14.1. The fraction of sp³-hybridized carbons (Fsp3) is 0.875. The molecule has 4 nitrogen and oxygen atoms in total. The Kier molecular flexibility index (Phi) is 16.6. The monoisotopic (exact) mass is 538 g/mol. The van der Waals surface area contributed by atoms with Gasteiger partial charge in [0.2, 0.25) is 0 Å². The number of carboxylic acid groups (broad SMARTS) is 1. The molecule has 0 aromatic heterocycles. The Morgan fingerprint density at radius 3 is 2.14 bits per heavy atom. The molecule has 1 unspecified atom stereocenters. The van der Waals surface area contributed by atoms with E-state index in [2.05, 4.69) is 45.2 Å². The summed E-state index contributed by atoms with van der Waals surface area (Å²) in [6.07, 6.45) is 10.5. The van der Waals surface area contributed by atoms with Gasteiger partial charge in [-0.2, -0.15) is 0 Å². The minimum atomic E-state index is -0.810. The van der Waals surface area contributed by atoms with E-state index in [0.29, 0.717) is 29.8 Å². The van der Waals surface area contributed by atoms with Crippen LogP contribution in [0.5, 0.6) is 0 Å². The smallest absolute Gasteiger partial charge is 0.305 e. The number of ether oxygens (including phenoxy) is 1. The molecule has 0 saturated carbocycles. The van der Waals surface area contributed by atoms with E-state index in [9.17, 15) is 9.59 Å². The average Bonchev–Trinajstić information content (AvgIpc) is 2.48. The van der Waals surface area contributed by atoms with Crippen LogP contribution in [0.4, 0.5) is 0 Å². The van der Waals surface area contributed by atoms with Crippen LogP contribution in [-0.2, 0) is 14.3 Å². The summed E-state index contributed by atoms with van der Waals surface area (Å²) in [4.78, 5) is 21.8. The summed E-state index contributed by atoms with van der Waals surface area (Å²) in [6, 6.07) is 0. The van der Waals surface area contributed by atoms with Gasteiger partial charge in [0.25, 0.3) is 0 Å². The van der Waals surface area contributed by atoms with Crippen LogP contribution in [0.3, 0.4) is 0 Å². The second-order valence-corrected chi connectivity index (χ2v) is 8.32. The van der Waals surface area contributed by atoms with Crippen LogP contribution in [0.1, 0.15) is 70.6 Å². The maximum absolute atomic E-state index is 11.5. The predicted octanol–water partition coefficient (Wildman–Crippen LogP) is 5.14. The summed E-state index contributed by atoms with van der Waals surface area (Å²) in [5.74, 6) is -1.01. The van der Waals surface area contributed by atoms with Gasteiger partial charge in [-0.25, -0.2) is 0 Å². The van der Waals surface area contributed by atoms with Crippen molar-refractivity contribution in [2.24, 2.45) is 0 Å². The first kappa shape index (κ1) is 22.4. The lowest BCUT2D eigenvalue weighted by molar-refractivity contribution is -0.144. The summed E-state index contributed by atoms with van der Waals surface area (Å²) >= 11 is 4.77.